The van der Waals surface area contributed by atoms with E-state index in [-0.39, 0.29) is 6.10 Å². The second kappa shape index (κ2) is 3.43. The summed E-state index contributed by atoms with van der Waals surface area (Å²) in [4.78, 5) is 0. The molecule has 15 heavy (non-hydrogen) atoms. The van der Waals surface area contributed by atoms with Crippen LogP contribution in [0.1, 0.15) is 24.0 Å². The van der Waals surface area contributed by atoms with E-state index < -0.39 is 11.7 Å². The predicted octanol–water partition coefficient (Wildman–Crippen LogP) is 3.56. The monoisotopic (exact) mass is 216 g/mol. The summed E-state index contributed by atoms with van der Waals surface area (Å²) < 4.78 is 42.6. The largest absolute Gasteiger partial charge is 0.490 e. The molecular formula is C11H11F3O. The van der Waals surface area contributed by atoms with Gasteiger partial charge >= 0.3 is 6.18 Å². The first-order valence-corrected chi connectivity index (χ1v) is 4.81. The summed E-state index contributed by atoms with van der Waals surface area (Å²) >= 11 is 0. The number of ether oxygens (including phenoxy) is 1. The number of rotatable bonds is 2. The molecule has 82 valence electrons. The quantitative estimate of drug-likeness (QED) is 0.734. The molecule has 0 unspecified atom stereocenters. The van der Waals surface area contributed by atoms with E-state index in [0.717, 1.165) is 30.5 Å². The maximum atomic E-state index is 12.4. The van der Waals surface area contributed by atoms with Gasteiger partial charge in [0.25, 0.3) is 0 Å². The highest BCUT2D eigenvalue weighted by Gasteiger charge is 2.32. The fraction of sp³-hybridized carbons (Fsp3) is 0.455. The molecule has 1 aliphatic carbocycles. The van der Waals surface area contributed by atoms with Crippen molar-refractivity contribution in [2.45, 2.75) is 32.0 Å². The van der Waals surface area contributed by atoms with Crippen LogP contribution < -0.4 is 4.74 Å². The summed E-state index contributed by atoms with van der Waals surface area (Å²) in [5, 5.41) is 0. The summed E-state index contributed by atoms with van der Waals surface area (Å²) in [6.45, 7) is 1.75. The summed E-state index contributed by atoms with van der Waals surface area (Å²) in [6.07, 6.45) is -2.30. The van der Waals surface area contributed by atoms with Gasteiger partial charge in [0, 0.05) is 0 Å². The smallest absolute Gasteiger partial charge is 0.416 e. The van der Waals surface area contributed by atoms with Gasteiger partial charge in [-0.05, 0) is 37.5 Å². The van der Waals surface area contributed by atoms with Gasteiger partial charge in [-0.3, -0.25) is 0 Å². The van der Waals surface area contributed by atoms with Crippen molar-refractivity contribution in [1.29, 1.82) is 0 Å². The first kappa shape index (κ1) is 10.3. The third-order valence-electron chi connectivity index (χ3n) is 2.33. The molecule has 0 spiro atoms. The number of aryl methyl sites for hydroxylation is 1. The molecule has 1 aromatic carbocycles. The van der Waals surface area contributed by atoms with Crippen LogP contribution in [-0.2, 0) is 6.18 Å². The lowest BCUT2D eigenvalue weighted by Gasteiger charge is -2.12. The van der Waals surface area contributed by atoms with Crippen LogP contribution in [0.25, 0.3) is 0 Å². The number of hydrogen-bond acceptors (Lipinski definition) is 1. The molecule has 0 saturated heterocycles. The van der Waals surface area contributed by atoms with Gasteiger partial charge in [0.2, 0.25) is 0 Å². The van der Waals surface area contributed by atoms with E-state index in [9.17, 15) is 13.2 Å². The number of halogens is 3. The normalized spacial score (nSPS) is 16.5. The molecule has 0 N–H and O–H groups in total. The average molecular weight is 216 g/mol. The summed E-state index contributed by atoms with van der Waals surface area (Å²) in [6, 6.07) is 3.60. The minimum absolute atomic E-state index is 0.118. The Balaban J connectivity index is 2.27. The topological polar surface area (TPSA) is 9.23 Å². The maximum Gasteiger partial charge on any atom is 0.416 e. The van der Waals surface area contributed by atoms with Crippen LogP contribution in [0.3, 0.4) is 0 Å². The molecular weight excluding hydrogens is 205 g/mol. The molecule has 2 rings (SSSR count). The van der Waals surface area contributed by atoms with Crippen molar-refractivity contribution in [1.82, 2.24) is 0 Å². The summed E-state index contributed by atoms with van der Waals surface area (Å²) in [7, 11) is 0. The van der Waals surface area contributed by atoms with E-state index >= 15 is 0 Å². The fourth-order valence-electron chi connectivity index (χ4n) is 1.27. The Morgan fingerprint density at radius 1 is 1.27 bits per heavy atom. The molecule has 1 aliphatic rings. The summed E-state index contributed by atoms with van der Waals surface area (Å²) in [5.74, 6) is 0.354. The second-order valence-electron chi connectivity index (χ2n) is 3.80. The highest BCUT2D eigenvalue weighted by Crippen LogP contribution is 2.35. The van der Waals surface area contributed by atoms with Gasteiger partial charge in [-0.15, -0.1) is 0 Å². The van der Waals surface area contributed by atoms with Crippen molar-refractivity contribution in [2.24, 2.45) is 0 Å². The number of alkyl halides is 3. The lowest BCUT2D eigenvalue weighted by molar-refractivity contribution is -0.137. The summed E-state index contributed by atoms with van der Waals surface area (Å²) in [5.41, 5.74) is 0.0960. The van der Waals surface area contributed by atoms with Crippen molar-refractivity contribution in [2.75, 3.05) is 0 Å². The SMILES string of the molecule is Cc1ccc(C(F)(F)F)cc1OC1CC1. The first-order chi connectivity index (χ1) is 6.97. The van der Waals surface area contributed by atoms with Gasteiger partial charge < -0.3 is 4.74 Å². The minimum Gasteiger partial charge on any atom is -0.490 e. The van der Waals surface area contributed by atoms with Crippen LogP contribution in [0, 0.1) is 6.92 Å². The Kier molecular flexibility index (Phi) is 2.37. The van der Waals surface area contributed by atoms with Gasteiger partial charge in [0.15, 0.2) is 0 Å². The minimum atomic E-state index is -4.30. The van der Waals surface area contributed by atoms with E-state index in [4.69, 9.17) is 4.74 Å². The van der Waals surface area contributed by atoms with E-state index in [2.05, 4.69) is 0 Å². The van der Waals surface area contributed by atoms with Gasteiger partial charge in [-0.2, -0.15) is 13.2 Å². The Morgan fingerprint density at radius 2 is 1.93 bits per heavy atom. The predicted molar refractivity (Wildman–Crippen MR) is 49.8 cm³/mol. The Bertz CT molecular complexity index is 367. The second-order valence-corrected chi connectivity index (χ2v) is 3.80. The molecule has 0 radical (unpaired) electrons. The molecule has 1 nitrogen and oxygen atoms in total. The van der Waals surface area contributed by atoms with E-state index in [1.807, 2.05) is 0 Å². The van der Waals surface area contributed by atoms with Gasteiger partial charge in [0.05, 0.1) is 11.7 Å². The van der Waals surface area contributed by atoms with E-state index in [1.165, 1.54) is 6.07 Å². The van der Waals surface area contributed by atoms with Crippen molar-refractivity contribution in [3.05, 3.63) is 29.3 Å². The molecule has 0 bridgehead atoms. The lowest BCUT2D eigenvalue weighted by atomic mass is 10.1. The van der Waals surface area contributed by atoms with Crippen LogP contribution in [0.5, 0.6) is 5.75 Å². The van der Waals surface area contributed by atoms with Crippen molar-refractivity contribution in [3.63, 3.8) is 0 Å². The molecule has 0 heterocycles. The van der Waals surface area contributed by atoms with Crippen molar-refractivity contribution in [3.8, 4) is 5.75 Å². The van der Waals surface area contributed by atoms with Gasteiger partial charge in [-0.25, -0.2) is 0 Å². The molecule has 4 heteroatoms. The zero-order chi connectivity index (χ0) is 11.1. The third-order valence-corrected chi connectivity index (χ3v) is 2.33. The van der Waals surface area contributed by atoms with E-state index in [1.54, 1.807) is 6.92 Å². The highest BCUT2D eigenvalue weighted by molar-refractivity contribution is 5.38. The molecule has 1 saturated carbocycles. The highest BCUT2D eigenvalue weighted by atomic mass is 19.4. The molecule has 0 atom stereocenters. The molecule has 1 aromatic rings. The molecule has 0 aliphatic heterocycles. The standard InChI is InChI=1S/C11H11F3O/c1-7-2-3-8(11(12,13)14)6-10(7)15-9-4-5-9/h2-3,6,9H,4-5H2,1H3. The fourth-order valence-corrected chi connectivity index (χ4v) is 1.27. The first-order valence-electron chi connectivity index (χ1n) is 4.81. The maximum absolute atomic E-state index is 12.4. The number of benzene rings is 1. The van der Waals surface area contributed by atoms with Crippen LogP contribution in [0.15, 0.2) is 18.2 Å². The Morgan fingerprint density at radius 3 is 2.47 bits per heavy atom. The average Bonchev–Trinajstić information content (AvgIpc) is 2.90. The van der Waals surface area contributed by atoms with E-state index in [0.29, 0.717) is 5.75 Å². The zero-order valence-corrected chi connectivity index (χ0v) is 8.27. The Labute approximate surface area is 85.9 Å². The van der Waals surface area contributed by atoms with Gasteiger partial charge in [-0.1, -0.05) is 6.07 Å². The van der Waals surface area contributed by atoms with Crippen LogP contribution in [0.4, 0.5) is 13.2 Å². The third kappa shape index (κ3) is 2.43. The van der Waals surface area contributed by atoms with Crippen LogP contribution in [-0.4, -0.2) is 6.10 Å². The lowest BCUT2D eigenvalue weighted by Crippen LogP contribution is -2.06. The van der Waals surface area contributed by atoms with Crippen LogP contribution in [0.2, 0.25) is 0 Å². The molecule has 1 fully saturated rings. The Hall–Kier alpha value is -1.19. The van der Waals surface area contributed by atoms with Crippen molar-refractivity contribution >= 4 is 0 Å². The van der Waals surface area contributed by atoms with Gasteiger partial charge in [0.1, 0.15) is 5.75 Å². The number of hydrogen-bond donors (Lipinski definition) is 0. The molecule has 0 aromatic heterocycles. The van der Waals surface area contributed by atoms with Crippen LogP contribution >= 0.6 is 0 Å². The van der Waals surface area contributed by atoms with Crippen molar-refractivity contribution < 1.29 is 17.9 Å². The molecule has 0 amide bonds. The zero-order valence-electron chi connectivity index (χ0n) is 8.27.